The average Bonchev–Trinajstić information content (AvgIpc) is 3.39. The number of benzene rings is 1. The maximum atomic E-state index is 14.1. The van der Waals surface area contributed by atoms with Crippen molar-refractivity contribution in [2.24, 2.45) is 11.3 Å². The van der Waals surface area contributed by atoms with Crippen LogP contribution < -0.4 is 5.32 Å². The summed E-state index contributed by atoms with van der Waals surface area (Å²) < 4.78 is 14.1. The maximum absolute atomic E-state index is 14.1. The van der Waals surface area contributed by atoms with Gasteiger partial charge in [0, 0.05) is 18.2 Å². The molecule has 0 aromatic heterocycles. The van der Waals surface area contributed by atoms with Crippen molar-refractivity contribution in [3.8, 4) is 0 Å². The summed E-state index contributed by atoms with van der Waals surface area (Å²) in [5.74, 6) is 0.0203. The van der Waals surface area contributed by atoms with Crippen molar-refractivity contribution in [3.05, 3.63) is 35.6 Å². The summed E-state index contributed by atoms with van der Waals surface area (Å²) in [6, 6.07) is 6.70. The van der Waals surface area contributed by atoms with Gasteiger partial charge in [0.05, 0.1) is 6.67 Å². The Bertz CT molecular complexity index is 792. The molecule has 4 rings (SSSR count). The highest BCUT2D eigenvalue weighted by Gasteiger charge is 2.56. The molecule has 2 aliphatic carbocycles. The number of imide groups is 1. The molecule has 3 fully saturated rings. The van der Waals surface area contributed by atoms with Crippen LogP contribution in [0.3, 0.4) is 0 Å². The summed E-state index contributed by atoms with van der Waals surface area (Å²) in [6.45, 7) is 7.12. The minimum Gasteiger partial charge on any atom is -0.323 e. The summed E-state index contributed by atoms with van der Waals surface area (Å²) >= 11 is 0. The number of hydrogen-bond donors (Lipinski definition) is 1. The second-order valence-electron chi connectivity index (χ2n) is 9.81. The lowest BCUT2D eigenvalue weighted by atomic mass is 9.64. The molecule has 1 N–H and O–H groups in total. The third-order valence-corrected chi connectivity index (χ3v) is 6.34. The normalized spacial score (nSPS) is 29.6. The molecule has 28 heavy (non-hydrogen) atoms. The minimum atomic E-state index is -0.786. The summed E-state index contributed by atoms with van der Waals surface area (Å²) in [6.07, 6.45) is 4.45. The number of nitrogens with zero attached hydrogens (tertiary/aromatic N) is 2. The molecule has 2 saturated carbocycles. The lowest BCUT2D eigenvalue weighted by molar-refractivity contribution is -0.136. The predicted molar refractivity (Wildman–Crippen MR) is 105 cm³/mol. The predicted octanol–water partition coefficient (Wildman–Crippen LogP) is 3.88. The number of rotatable bonds is 5. The second kappa shape index (κ2) is 6.83. The van der Waals surface area contributed by atoms with Gasteiger partial charge in [-0.05, 0) is 49.5 Å². The molecular weight excluding hydrogens is 357 g/mol. The van der Waals surface area contributed by atoms with Gasteiger partial charge < -0.3 is 5.32 Å². The molecule has 3 amide bonds. The van der Waals surface area contributed by atoms with E-state index in [0.717, 1.165) is 19.3 Å². The second-order valence-corrected chi connectivity index (χ2v) is 9.81. The minimum absolute atomic E-state index is 0.0139. The molecule has 6 heteroatoms. The Morgan fingerprint density at radius 2 is 1.93 bits per heavy atom. The quantitative estimate of drug-likeness (QED) is 0.780. The molecule has 0 bridgehead atoms. The van der Waals surface area contributed by atoms with Crippen molar-refractivity contribution in [2.75, 3.05) is 6.67 Å². The van der Waals surface area contributed by atoms with Crippen molar-refractivity contribution >= 4 is 11.9 Å². The van der Waals surface area contributed by atoms with Crippen LogP contribution in [-0.4, -0.2) is 40.0 Å². The Kier molecular flexibility index (Phi) is 4.73. The Morgan fingerprint density at radius 3 is 2.57 bits per heavy atom. The van der Waals surface area contributed by atoms with E-state index in [0.29, 0.717) is 36.9 Å². The molecule has 152 valence electrons. The van der Waals surface area contributed by atoms with Gasteiger partial charge in [-0.3, -0.25) is 9.69 Å². The van der Waals surface area contributed by atoms with Gasteiger partial charge in [0.2, 0.25) is 0 Å². The Balaban J connectivity index is 1.53. The molecule has 3 aliphatic rings. The molecular formula is C22H30FN3O2. The van der Waals surface area contributed by atoms with E-state index in [4.69, 9.17) is 0 Å². The van der Waals surface area contributed by atoms with Crippen molar-refractivity contribution < 1.29 is 14.0 Å². The first-order valence-corrected chi connectivity index (χ1v) is 10.3. The Labute approximate surface area is 166 Å². The number of nitrogens with one attached hydrogen (secondary N) is 1. The number of urea groups is 1. The van der Waals surface area contributed by atoms with Gasteiger partial charge in [0.1, 0.15) is 11.4 Å². The Hall–Kier alpha value is -1.95. The van der Waals surface area contributed by atoms with Gasteiger partial charge in [0.15, 0.2) is 0 Å². The summed E-state index contributed by atoms with van der Waals surface area (Å²) in [5.41, 5.74) is -0.172. The molecule has 1 aliphatic heterocycles. The van der Waals surface area contributed by atoms with E-state index < -0.39 is 5.54 Å². The van der Waals surface area contributed by atoms with E-state index in [-0.39, 0.29) is 29.8 Å². The van der Waals surface area contributed by atoms with Crippen LogP contribution in [0.4, 0.5) is 9.18 Å². The highest BCUT2D eigenvalue weighted by molar-refractivity contribution is 6.07. The smallest absolute Gasteiger partial charge is 0.323 e. The highest BCUT2D eigenvalue weighted by atomic mass is 19.1. The van der Waals surface area contributed by atoms with E-state index >= 15 is 0 Å². The fourth-order valence-corrected chi connectivity index (χ4v) is 5.40. The maximum Gasteiger partial charge on any atom is 0.326 e. The van der Waals surface area contributed by atoms with Crippen LogP contribution in [0.25, 0.3) is 0 Å². The van der Waals surface area contributed by atoms with E-state index in [1.54, 1.807) is 12.1 Å². The highest BCUT2D eigenvalue weighted by Crippen LogP contribution is 2.46. The summed E-state index contributed by atoms with van der Waals surface area (Å²) in [5, 5.41) is 3.03. The molecule has 5 nitrogen and oxygen atoms in total. The van der Waals surface area contributed by atoms with Gasteiger partial charge >= 0.3 is 6.03 Å². The standard InChI is InChI=1S/C22H30FN3O2/c1-15-10-21(2,3)13-22(11-15)19(27)26(20(28)24-22)14-25(17-8-9-17)12-16-6-4-5-7-18(16)23/h4-7,15,17H,8-14H2,1-3H3,(H,24,28)/t15-,22+/m1/s1. The van der Waals surface area contributed by atoms with Crippen LogP contribution in [0, 0.1) is 17.2 Å². The van der Waals surface area contributed by atoms with Crippen molar-refractivity contribution in [3.63, 3.8) is 0 Å². The van der Waals surface area contributed by atoms with Gasteiger partial charge in [-0.1, -0.05) is 39.0 Å². The van der Waals surface area contributed by atoms with Gasteiger partial charge in [0.25, 0.3) is 5.91 Å². The largest absolute Gasteiger partial charge is 0.326 e. The monoisotopic (exact) mass is 387 g/mol. The fourth-order valence-electron chi connectivity index (χ4n) is 5.40. The first-order valence-electron chi connectivity index (χ1n) is 10.3. The Morgan fingerprint density at radius 1 is 1.21 bits per heavy atom. The van der Waals surface area contributed by atoms with Gasteiger partial charge in [-0.25, -0.2) is 14.1 Å². The van der Waals surface area contributed by atoms with Crippen LogP contribution in [0.1, 0.15) is 58.4 Å². The number of carbonyl (C=O) groups excluding carboxylic acids is 2. The molecule has 1 aromatic rings. The lowest BCUT2D eigenvalue weighted by Crippen LogP contribution is -2.54. The average molecular weight is 387 g/mol. The summed E-state index contributed by atoms with van der Waals surface area (Å²) in [4.78, 5) is 29.5. The number of hydrogen-bond acceptors (Lipinski definition) is 3. The molecule has 2 atom stereocenters. The zero-order valence-corrected chi connectivity index (χ0v) is 17.0. The van der Waals surface area contributed by atoms with E-state index in [1.807, 2.05) is 6.07 Å². The molecule has 1 aromatic carbocycles. The van der Waals surface area contributed by atoms with E-state index in [9.17, 15) is 14.0 Å². The van der Waals surface area contributed by atoms with Crippen LogP contribution in [0.5, 0.6) is 0 Å². The van der Waals surface area contributed by atoms with Crippen molar-refractivity contribution in [1.29, 1.82) is 0 Å². The van der Waals surface area contributed by atoms with Crippen LogP contribution >= 0.6 is 0 Å². The topological polar surface area (TPSA) is 52.7 Å². The van der Waals surface area contributed by atoms with Crippen LogP contribution in [-0.2, 0) is 11.3 Å². The molecule has 0 unspecified atom stereocenters. The molecule has 1 heterocycles. The number of carbonyl (C=O) groups is 2. The van der Waals surface area contributed by atoms with Crippen molar-refractivity contribution in [2.45, 2.75) is 71.0 Å². The lowest BCUT2D eigenvalue weighted by Gasteiger charge is -2.44. The van der Waals surface area contributed by atoms with E-state index in [2.05, 4.69) is 31.0 Å². The molecule has 1 spiro atoms. The molecule has 1 saturated heterocycles. The third-order valence-electron chi connectivity index (χ3n) is 6.34. The zero-order chi connectivity index (χ0) is 20.1. The first-order chi connectivity index (χ1) is 13.2. The fraction of sp³-hybridized carbons (Fsp3) is 0.636. The summed E-state index contributed by atoms with van der Waals surface area (Å²) in [7, 11) is 0. The van der Waals surface area contributed by atoms with Gasteiger partial charge in [-0.15, -0.1) is 0 Å². The molecule has 0 radical (unpaired) electrons. The van der Waals surface area contributed by atoms with Gasteiger partial charge in [-0.2, -0.15) is 0 Å². The first kappa shape index (κ1) is 19.4. The van der Waals surface area contributed by atoms with Crippen LogP contribution in [0.2, 0.25) is 0 Å². The van der Waals surface area contributed by atoms with E-state index in [1.165, 1.54) is 11.0 Å². The van der Waals surface area contributed by atoms with Crippen molar-refractivity contribution in [1.82, 2.24) is 15.1 Å². The van der Waals surface area contributed by atoms with Crippen LogP contribution in [0.15, 0.2) is 24.3 Å². The number of amides is 3. The SMILES string of the molecule is C[C@@H]1CC(C)(C)C[C@]2(C1)NC(=O)N(CN(Cc1ccccc1F)C1CC1)C2=O. The number of halogens is 1. The third kappa shape index (κ3) is 3.66. The zero-order valence-electron chi connectivity index (χ0n) is 17.0.